The number of hydrogen-bond donors (Lipinski definition) is 0. The van der Waals surface area contributed by atoms with Crippen LogP contribution < -0.4 is 0 Å². The standard InChI is InChI=1S/C22H22O3/c1-3-10-20(16-15-18-11-6-4-7-12-18)25-21(17-22(23)24-2)19-13-8-5-9-14-19/h4-9,11-14,17,20H,3,10H2,1-2H3/b21-17+. The van der Waals surface area contributed by atoms with Crippen molar-refractivity contribution in [2.45, 2.75) is 25.9 Å². The maximum atomic E-state index is 11.7. The summed E-state index contributed by atoms with van der Waals surface area (Å²) in [5, 5.41) is 0. The van der Waals surface area contributed by atoms with E-state index in [4.69, 9.17) is 9.47 Å². The van der Waals surface area contributed by atoms with E-state index in [-0.39, 0.29) is 6.10 Å². The maximum absolute atomic E-state index is 11.7. The summed E-state index contributed by atoms with van der Waals surface area (Å²) in [4.78, 5) is 11.7. The molecule has 25 heavy (non-hydrogen) atoms. The fraction of sp³-hybridized carbons (Fsp3) is 0.227. The lowest BCUT2D eigenvalue weighted by atomic mass is 10.1. The van der Waals surface area contributed by atoms with Crippen molar-refractivity contribution in [3.8, 4) is 11.8 Å². The van der Waals surface area contributed by atoms with E-state index in [0.717, 1.165) is 24.0 Å². The number of carbonyl (C=O) groups is 1. The van der Waals surface area contributed by atoms with Crippen LogP contribution in [0.3, 0.4) is 0 Å². The van der Waals surface area contributed by atoms with Gasteiger partial charge >= 0.3 is 5.97 Å². The number of hydrogen-bond acceptors (Lipinski definition) is 3. The van der Waals surface area contributed by atoms with Crippen LogP contribution in [0.15, 0.2) is 66.7 Å². The zero-order valence-corrected chi connectivity index (χ0v) is 14.6. The Hall–Kier alpha value is -2.99. The van der Waals surface area contributed by atoms with Gasteiger partial charge in [-0.15, -0.1) is 0 Å². The molecule has 2 aromatic carbocycles. The molecule has 0 spiro atoms. The highest BCUT2D eigenvalue weighted by Crippen LogP contribution is 2.19. The molecule has 0 bridgehead atoms. The molecule has 0 N–H and O–H groups in total. The van der Waals surface area contributed by atoms with Crippen LogP contribution in [0, 0.1) is 11.8 Å². The monoisotopic (exact) mass is 334 g/mol. The van der Waals surface area contributed by atoms with E-state index in [1.54, 1.807) is 0 Å². The van der Waals surface area contributed by atoms with Crippen LogP contribution in [0.2, 0.25) is 0 Å². The first-order valence-electron chi connectivity index (χ1n) is 8.31. The molecule has 1 unspecified atom stereocenters. The van der Waals surface area contributed by atoms with Crippen molar-refractivity contribution in [2.24, 2.45) is 0 Å². The molecule has 0 aliphatic carbocycles. The van der Waals surface area contributed by atoms with E-state index in [9.17, 15) is 4.79 Å². The van der Waals surface area contributed by atoms with Gasteiger partial charge in [-0.3, -0.25) is 0 Å². The highest BCUT2D eigenvalue weighted by atomic mass is 16.5. The number of methoxy groups -OCH3 is 1. The number of rotatable bonds is 6. The third-order valence-corrected chi connectivity index (χ3v) is 3.48. The van der Waals surface area contributed by atoms with Crippen LogP contribution in [0.1, 0.15) is 30.9 Å². The summed E-state index contributed by atoms with van der Waals surface area (Å²) < 4.78 is 10.8. The van der Waals surface area contributed by atoms with Crippen LogP contribution in [0.5, 0.6) is 0 Å². The number of ether oxygens (including phenoxy) is 2. The zero-order chi connectivity index (χ0) is 17.9. The van der Waals surface area contributed by atoms with Crippen molar-refractivity contribution in [1.29, 1.82) is 0 Å². The average Bonchev–Trinajstić information content (AvgIpc) is 2.67. The molecule has 2 aromatic rings. The minimum atomic E-state index is -0.454. The molecule has 3 heteroatoms. The third kappa shape index (κ3) is 6.19. The molecule has 1 atom stereocenters. The van der Waals surface area contributed by atoms with Gasteiger partial charge in [0.15, 0.2) is 6.10 Å². The predicted octanol–water partition coefficient (Wildman–Crippen LogP) is 4.44. The van der Waals surface area contributed by atoms with Gasteiger partial charge in [0.05, 0.1) is 13.2 Å². The molecule has 3 nitrogen and oxygen atoms in total. The molecular weight excluding hydrogens is 312 g/mol. The first-order valence-corrected chi connectivity index (χ1v) is 8.31. The molecule has 0 heterocycles. The number of benzene rings is 2. The van der Waals surface area contributed by atoms with Gasteiger partial charge in [-0.1, -0.05) is 73.7 Å². The second-order valence-corrected chi connectivity index (χ2v) is 5.43. The molecule has 0 aliphatic heterocycles. The molecule has 0 radical (unpaired) electrons. The maximum Gasteiger partial charge on any atom is 0.334 e. The molecule has 128 valence electrons. The lowest BCUT2D eigenvalue weighted by Gasteiger charge is -2.16. The average molecular weight is 334 g/mol. The van der Waals surface area contributed by atoms with Crippen molar-refractivity contribution in [3.63, 3.8) is 0 Å². The van der Waals surface area contributed by atoms with Crippen LogP contribution in [0.4, 0.5) is 0 Å². The Morgan fingerprint density at radius 1 is 1.08 bits per heavy atom. The summed E-state index contributed by atoms with van der Waals surface area (Å²) >= 11 is 0. The number of esters is 1. The van der Waals surface area contributed by atoms with Gasteiger partial charge < -0.3 is 9.47 Å². The third-order valence-electron chi connectivity index (χ3n) is 3.48. The van der Waals surface area contributed by atoms with E-state index >= 15 is 0 Å². The Morgan fingerprint density at radius 3 is 2.32 bits per heavy atom. The van der Waals surface area contributed by atoms with Gasteiger partial charge in [-0.25, -0.2) is 4.79 Å². The summed E-state index contributed by atoms with van der Waals surface area (Å²) in [6.07, 6.45) is 2.75. The van der Waals surface area contributed by atoms with E-state index in [2.05, 4.69) is 18.8 Å². The van der Waals surface area contributed by atoms with Crippen LogP contribution in [-0.4, -0.2) is 19.2 Å². The number of carbonyl (C=O) groups excluding carboxylic acids is 1. The molecule has 0 saturated carbocycles. The zero-order valence-electron chi connectivity index (χ0n) is 14.6. The van der Waals surface area contributed by atoms with Crippen LogP contribution >= 0.6 is 0 Å². The van der Waals surface area contributed by atoms with Crippen molar-refractivity contribution in [2.75, 3.05) is 7.11 Å². The minimum absolute atomic E-state index is 0.304. The topological polar surface area (TPSA) is 35.5 Å². The summed E-state index contributed by atoms with van der Waals surface area (Å²) in [6.45, 7) is 2.08. The smallest absolute Gasteiger partial charge is 0.334 e. The fourth-order valence-corrected chi connectivity index (χ4v) is 2.22. The van der Waals surface area contributed by atoms with Crippen LogP contribution in [0.25, 0.3) is 5.76 Å². The molecule has 0 saturated heterocycles. The van der Waals surface area contributed by atoms with Crippen molar-refractivity contribution in [3.05, 3.63) is 77.9 Å². The quantitative estimate of drug-likeness (QED) is 0.339. The summed E-state index contributed by atoms with van der Waals surface area (Å²) in [6, 6.07) is 19.3. The fourth-order valence-electron chi connectivity index (χ4n) is 2.22. The highest BCUT2D eigenvalue weighted by molar-refractivity contribution is 5.89. The Labute approximate surface area is 149 Å². The van der Waals surface area contributed by atoms with Gasteiger partial charge in [0.1, 0.15) is 5.76 Å². The second-order valence-electron chi connectivity index (χ2n) is 5.43. The van der Waals surface area contributed by atoms with Gasteiger partial charge in [0.25, 0.3) is 0 Å². The largest absolute Gasteiger partial charge is 0.477 e. The highest BCUT2D eigenvalue weighted by Gasteiger charge is 2.12. The van der Waals surface area contributed by atoms with Crippen molar-refractivity contribution >= 4 is 11.7 Å². The molecule has 2 rings (SSSR count). The summed E-state index contributed by atoms with van der Waals surface area (Å²) in [5.41, 5.74) is 1.75. The SMILES string of the molecule is CCCC(C#Cc1ccccc1)O/C(=C/C(=O)OC)c1ccccc1. The van der Waals surface area contributed by atoms with Crippen molar-refractivity contribution in [1.82, 2.24) is 0 Å². The Kier molecular flexibility index (Phi) is 7.34. The minimum Gasteiger partial charge on any atom is -0.477 e. The van der Waals surface area contributed by atoms with Gasteiger partial charge in [0.2, 0.25) is 0 Å². The Bertz CT molecular complexity index is 752. The predicted molar refractivity (Wildman–Crippen MR) is 99.5 cm³/mol. The van der Waals surface area contributed by atoms with Crippen molar-refractivity contribution < 1.29 is 14.3 Å². The molecule has 0 amide bonds. The lowest BCUT2D eigenvalue weighted by Crippen LogP contribution is -2.11. The normalized spacial score (nSPS) is 11.8. The van der Waals surface area contributed by atoms with E-state index in [1.165, 1.54) is 13.2 Å². The Morgan fingerprint density at radius 2 is 1.72 bits per heavy atom. The first kappa shape index (κ1) is 18.4. The first-order chi connectivity index (χ1) is 12.2. The van der Waals surface area contributed by atoms with E-state index in [1.807, 2.05) is 60.7 Å². The van der Waals surface area contributed by atoms with E-state index in [0.29, 0.717) is 5.76 Å². The van der Waals surface area contributed by atoms with Gasteiger partial charge in [0, 0.05) is 11.1 Å². The van der Waals surface area contributed by atoms with E-state index < -0.39 is 5.97 Å². The Balaban J connectivity index is 2.25. The summed E-state index contributed by atoms with van der Waals surface area (Å²) in [5.74, 6) is 6.31. The molecule has 0 aliphatic rings. The second kappa shape index (κ2) is 10.00. The van der Waals surface area contributed by atoms with Crippen LogP contribution in [-0.2, 0) is 14.3 Å². The molecule has 0 aromatic heterocycles. The van der Waals surface area contributed by atoms with Gasteiger partial charge in [-0.05, 0) is 18.6 Å². The molecular formula is C22H22O3. The van der Waals surface area contributed by atoms with Gasteiger partial charge in [-0.2, -0.15) is 0 Å². The molecule has 0 fully saturated rings. The summed E-state index contributed by atoms with van der Waals surface area (Å²) in [7, 11) is 1.35. The lowest BCUT2D eigenvalue weighted by molar-refractivity contribution is -0.134.